The van der Waals surface area contributed by atoms with Gasteiger partial charge in [0.15, 0.2) is 11.5 Å². The molecule has 0 fully saturated rings. The van der Waals surface area contributed by atoms with E-state index in [-0.39, 0.29) is 12.1 Å². The highest BCUT2D eigenvalue weighted by molar-refractivity contribution is 6.02. The van der Waals surface area contributed by atoms with Crippen molar-refractivity contribution in [2.75, 3.05) is 25.7 Å². The number of hydrogen-bond acceptors (Lipinski definition) is 4. The number of amides is 1. The Morgan fingerprint density at radius 1 is 1.25 bits per heavy atom. The third-order valence-electron chi connectivity index (χ3n) is 4.04. The molecule has 0 spiro atoms. The van der Waals surface area contributed by atoms with Crippen LogP contribution in [0.4, 0.5) is 5.69 Å². The normalized spacial score (nSPS) is 16.2. The van der Waals surface area contributed by atoms with E-state index in [2.05, 4.69) is 11.9 Å². The molecule has 0 aromatic heterocycles. The minimum atomic E-state index is -0.269. The lowest BCUT2D eigenvalue weighted by molar-refractivity contribution is 0.0928. The molecule has 1 N–H and O–H groups in total. The molecule has 0 unspecified atom stereocenters. The van der Waals surface area contributed by atoms with Gasteiger partial charge in [-0.25, -0.2) is 0 Å². The Kier molecular flexibility index (Phi) is 4.42. The summed E-state index contributed by atoms with van der Waals surface area (Å²) in [5, 5.41) is 3.03. The fourth-order valence-electron chi connectivity index (χ4n) is 2.84. The molecule has 5 heteroatoms. The number of carbonyl (C=O) groups is 1. The Labute approximate surface area is 141 Å². The molecule has 2 aromatic rings. The van der Waals surface area contributed by atoms with Crippen LogP contribution in [0.2, 0.25) is 0 Å². The van der Waals surface area contributed by atoms with Crippen molar-refractivity contribution in [3.63, 3.8) is 0 Å². The van der Waals surface area contributed by atoms with Gasteiger partial charge in [0.1, 0.15) is 12.8 Å². The third kappa shape index (κ3) is 2.80. The number of nitrogens with zero attached hydrogens (tertiary/aromatic N) is 1. The molecule has 2 aromatic carbocycles. The second-order valence-corrected chi connectivity index (χ2v) is 5.51. The summed E-state index contributed by atoms with van der Waals surface area (Å²) in [4.78, 5) is 14.4. The lowest BCUT2D eigenvalue weighted by Gasteiger charge is -2.36. The first-order valence-electron chi connectivity index (χ1n) is 7.70. The summed E-state index contributed by atoms with van der Waals surface area (Å²) >= 11 is 0. The van der Waals surface area contributed by atoms with Gasteiger partial charge in [-0.15, -0.1) is 0 Å². The average Bonchev–Trinajstić information content (AvgIpc) is 2.63. The van der Waals surface area contributed by atoms with E-state index >= 15 is 0 Å². The molecular formula is C19H20N2O3. The number of nitrogens with one attached hydrogen (secondary N) is 1. The molecule has 3 rings (SSSR count). The summed E-state index contributed by atoms with van der Waals surface area (Å²) in [6.07, 6.45) is 1.41. The number of methoxy groups -OCH3 is 1. The Bertz CT molecular complexity index is 773. The zero-order valence-corrected chi connectivity index (χ0v) is 13.8. The molecule has 0 bridgehead atoms. The number of rotatable bonds is 5. The minimum absolute atomic E-state index is 0.0837. The highest BCUT2D eigenvalue weighted by Crippen LogP contribution is 2.35. The van der Waals surface area contributed by atoms with Gasteiger partial charge in [0.25, 0.3) is 5.91 Å². The number of fused-ring (bicyclic) bond motifs is 1. The number of benzene rings is 2. The molecule has 1 aliphatic rings. The Hall–Kier alpha value is -2.95. The summed E-state index contributed by atoms with van der Waals surface area (Å²) in [6, 6.07) is 13.2. The Morgan fingerprint density at radius 3 is 2.79 bits per heavy atom. The number of carbonyl (C=O) groups excluding carboxylic acids is 1. The Morgan fingerprint density at radius 2 is 2.04 bits per heavy atom. The van der Waals surface area contributed by atoms with Gasteiger partial charge in [0.2, 0.25) is 0 Å². The molecule has 1 aliphatic heterocycles. The molecule has 1 heterocycles. The van der Waals surface area contributed by atoms with Crippen molar-refractivity contribution in [1.29, 1.82) is 0 Å². The topological polar surface area (TPSA) is 50.8 Å². The van der Waals surface area contributed by atoms with Crippen molar-refractivity contribution in [3.8, 4) is 11.5 Å². The molecular weight excluding hydrogens is 304 g/mol. The van der Waals surface area contributed by atoms with Gasteiger partial charge < -0.3 is 19.7 Å². The number of para-hydroxylation sites is 1. The number of ether oxygens (including phenoxy) is 2. The summed E-state index contributed by atoms with van der Waals surface area (Å²) in [6.45, 7) is 4.05. The first-order valence-corrected chi connectivity index (χ1v) is 7.70. The van der Waals surface area contributed by atoms with Gasteiger partial charge in [-0.3, -0.25) is 4.79 Å². The molecule has 0 aliphatic carbocycles. The van der Waals surface area contributed by atoms with Crippen LogP contribution in [-0.2, 0) is 0 Å². The molecule has 0 radical (unpaired) electrons. The van der Waals surface area contributed by atoms with Gasteiger partial charge in [0.05, 0.1) is 18.4 Å². The highest BCUT2D eigenvalue weighted by atomic mass is 16.5. The average molecular weight is 324 g/mol. The smallest absolute Gasteiger partial charge is 0.255 e. The van der Waals surface area contributed by atoms with Gasteiger partial charge in [-0.1, -0.05) is 30.9 Å². The Balaban J connectivity index is 1.95. The zero-order chi connectivity index (χ0) is 17.1. The van der Waals surface area contributed by atoms with Gasteiger partial charge in [-0.05, 0) is 29.8 Å². The van der Waals surface area contributed by atoms with Crippen LogP contribution in [-0.4, -0.2) is 26.7 Å². The predicted molar refractivity (Wildman–Crippen MR) is 93.7 cm³/mol. The fraction of sp³-hybridized carbons (Fsp3) is 0.211. The van der Waals surface area contributed by atoms with Crippen LogP contribution in [0.3, 0.4) is 0 Å². The molecule has 124 valence electrons. The van der Waals surface area contributed by atoms with Crippen LogP contribution in [0.1, 0.15) is 22.1 Å². The van der Waals surface area contributed by atoms with Crippen molar-refractivity contribution in [3.05, 3.63) is 66.2 Å². The van der Waals surface area contributed by atoms with Crippen molar-refractivity contribution in [2.45, 2.75) is 6.17 Å². The van der Waals surface area contributed by atoms with E-state index in [4.69, 9.17) is 9.47 Å². The van der Waals surface area contributed by atoms with E-state index in [9.17, 15) is 4.79 Å². The predicted octanol–water partition coefficient (Wildman–Crippen LogP) is 3.14. The van der Waals surface area contributed by atoms with E-state index in [1.54, 1.807) is 13.2 Å². The first kappa shape index (κ1) is 15.9. The molecule has 1 atom stereocenters. The molecule has 24 heavy (non-hydrogen) atoms. The summed E-state index contributed by atoms with van der Waals surface area (Å²) in [5.74, 6) is 1.18. The summed E-state index contributed by atoms with van der Waals surface area (Å²) < 4.78 is 11.0. The third-order valence-corrected chi connectivity index (χ3v) is 4.04. The van der Waals surface area contributed by atoms with Crippen molar-refractivity contribution < 1.29 is 14.3 Å². The lowest BCUT2D eigenvalue weighted by Crippen LogP contribution is -2.44. The fourth-order valence-corrected chi connectivity index (χ4v) is 2.84. The summed E-state index contributed by atoms with van der Waals surface area (Å²) in [5.41, 5.74) is 2.49. The maximum Gasteiger partial charge on any atom is 0.255 e. The van der Waals surface area contributed by atoms with E-state index < -0.39 is 0 Å². The van der Waals surface area contributed by atoms with Crippen LogP contribution in [0, 0.1) is 0 Å². The van der Waals surface area contributed by atoms with E-state index in [0.717, 1.165) is 11.3 Å². The van der Waals surface area contributed by atoms with Crippen molar-refractivity contribution in [2.24, 2.45) is 0 Å². The quantitative estimate of drug-likeness (QED) is 0.859. The molecule has 5 nitrogen and oxygen atoms in total. The number of anilines is 1. The van der Waals surface area contributed by atoms with Crippen molar-refractivity contribution in [1.82, 2.24) is 5.32 Å². The largest absolute Gasteiger partial charge is 0.493 e. The minimum Gasteiger partial charge on any atom is -0.493 e. The monoisotopic (exact) mass is 324 g/mol. The van der Waals surface area contributed by atoms with Crippen LogP contribution in [0.5, 0.6) is 11.5 Å². The second-order valence-electron chi connectivity index (χ2n) is 5.51. The standard InChI is InChI=1S/C19H20N2O3/c1-4-11-24-16-10-9-13(12-17(16)23-3)18-20-19(22)14-7-5-6-8-15(14)21(18)2/h4-10,12,18H,1,11H2,2-3H3,(H,20,22)/t18-/m0/s1. The first-order chi connectivity index (χ1) is 11.7. The second kappa shape index (κ2) is 6.66. The van der Waals surface area contributed by atoms with Crippen LogP contribution >= 0.6 is 0 Å². The molecule has 0 saturated carbocycles. The van der Waals surface area contributed by atoms with Crippen LogP contribution in [0.25, 0.3) is 0 Å². The maximum absolute atomic E-state index is 12.4. The lowest BCUT2D eigenvalue weighted by atomic mass is 10.0. The van der Waals surface area contributed by atoms with Gasteiger partial charge in [0, 0.05) is 7.05 Å². The van der Waals surface area contributed by atoms with Gasteiger partial charge in [-0.2, -0.15) is 0 Å². The van der Waals surface area contributed by atoms with Crippen LogP contribution < -0.4 is 19.7 Å². The summed E-state index contributed by atoms with van der Waals surface area (Å²) in [7, 11) is 3.55. The van der Waals surface area contributed by atoms with Crippen molar-refractivity contribution >= 4 is 11.6 Å². The molecule has 1 amide bonds. The zero-order valence-electron chi connectivity index (χ0n) is 13.8. The molecule has 0 saturated heterocycles. The SMILES string of the molecule is C=CCOc1ccc([C@H]2NC(=O)c3ccccc3N2C)cc1OC. The highest BCUT2D eigenvalue weighted by Gasteiger charge is 2.29. The van der Waals surface area contributed by atoms with Crippen LogP contribution in [0.15, 0.2) is 55.1 Å². The van der Waals surface area contributed by atoms with E-state index in [1.165, 1.54) is 0 Å². The van der Waals surface area contributed by atoms with E-state index in [1.807, 2.05) is 54.4 Å². The van der Waals surface area contributed by atoms with Gasteiger partial charge >= 0.3 is 0 Å². The maximum atomic E-state index is 12.4. The van der Waals surface area contributed by atoms with E-state index in [0.29, 0.717) is 23.7 Å². The number of hydrogen-bond donors (Lipinski definition) is 1.